The number of anilines is 1. The van der Waals surface area contributed by atoms with E-state index in [2.05, 4.69) is 22.5 Å². The number of nitrogens with one attached hydrogen (secondary N) is 2. The molecule has 1 aliphatic rings. The van der Waals surface area contributed by atoms with Crippen molar-refractivity contribution in [2.24, 2.45) is 5.92 Å². The summed E-state index contributed by atoms with van der Waals surface area (Å²) in [5, 5.41) is 8.52. The Labute approximate surface area is 118 Å². The van der Waals surface area contributed by atoms with Crippen LogP contribution in [0.4, 0.5) is 5.69 Å². The van der Waals surface area contributed by atoms with Gasteiger partial charge in [0.25, 0.3) is 0 Å². The number of pyridine rings is 1. The predicted octanol–water partition coefficient (Wildman–Crippen LogP) is 2.56. The maximum absolute atomic E-state index is 12.4. The lowest BCUT2D eigenvalue weighted by Crippen LogP contribution is -2.40. The smallest absolute Gasteiger partial charge is 0.227 e. The molecule has 0 aliphatic carbocycles. The lowest BCUT2D eigenvalue weighted by atomic mass is 9.92. The normalized spacial score (nSPS) is 22.6. The Hall–Kier alpha value is -1.94. The molecular weight excluding hydrogens is 250 g/mol. The van der Waals surface area contributed by atoms with Gasteiger partial charge in [0.2, 0.25) is 5.91 Å². The van der Waals surface area contributed by atoms with Crippen LogP contribution in [0.1, 0.15) is 19.8 Å². The van der Waals surface area contributed by atoms with Crippen LogP contribution in [0, 0.1) is 5.92 Å². The first-order valence-corrected chi connectivity index (χ1v) is 7.11. The molecule has 104 valence electrons. The minimum Gasteiger partial charge on any atom is -0.325 e. The molecule has 1 fully saturated rings. The van der Waals surface area contributed by atoms with Crippen molar-refractivity contribution in [3.63, 3.8) is 0 Å². The van der Waals surface area contributed by atoms with E-state index < -0.39 is 0 Å². The van der Waals surface area contributed by atoms with E-state index in [1.807, 2.05) is 24.3 Å². The van der Waals surface area contributed by atoms with Gasteiger partial charge in [-0.3, -0.25) is 9.78 Å². The van der Waals surface area contributed by atoms with Crippen molar-refractivity contribution in [3.8, 4) is 0 Å². The number of carbonyl (C=O) groups excluding carboxylic acids is 1. The topological polar surface area (TPSA) is 54.0 Å². The zero-order valence-electron chi connectivity index (χ0n) is 11.6. The van der Waals surface area contributed by atoms with Crippen LogP contribution in [0.15, 0.2) is 36.7 Å². The molecule has 4 nitrogen and oxygen atoms in total. The van der Waals surface area contributed by atoms with E-state index >= 15 is 0 Å². The van der Waals surface area contributed by atoms with Gasteiger partial charge < -0.3 is 10.6 Å². The van der Waals surface area contributed by atoms with Crippen molar-refractivity contribution in [1.29, 1.82) is 0 Å². The molecule has 1 saturated heterocycles. The molecule has 2 aromatic rings. The summed E-state index contributed by atoms with van der Waals surface area (Å²) in [5.41, 5.74) is 0.854. The van der Waals surface area contributed by atoms with Gasteiger partial charge in [0.05, 0.1) is 5.69 Å². The number of nitrogens with zero attached hydrogens (tertiary/aromatic N) is 1. The summed E-state index contributed by atoms with van der Waals surface area (Å²) >= 11 is 0. The number of fused-ring (bicyclic) bond motifs is 1. The Kier molecular flexibility index (Phi) is 3.65. The van der Waals surface area contributed by atoms with Crippen molar-refractivity contribution < 1.29 is 4.79 Å². The van der Waals surface area contributed by atoms with Gasteiger partial charge in [-0.05, 0) is 43.8 Å². The van der Waals surface area contributed by atoms with E-state index in [-0.39, 0.29) is 11.8 Å². The van der Waals surface area contributed by atoms with Crippen molar-refractivity contribution in [3.05, 3.63) is 36.7 Å². The lowest BCUT2D eigenvalue weighted by Gasteiger charge is -2.27. The van der Waals surface area contributed by atoms with Crippen molar-refractivity contribution >= 4 is 22.4 Å². The molecule has 0 radical (unpaired) electrons. The van der Waals surface area contributed by atoms with Gasteiger partial charge in [0.1, 0.15) is 0 Å². The Morgan fingerprint density at radius 3 is 3.15 bits per heavy atom. The fraction of sp³-hybridized carbons (Fsp3) is 0.375. The maximum Gasteiger partial charge on any atom is 0.227 e. The third kappa shape index (κ3) is 2.65. The minimum atomic E-state index is 0.0955. The summed E-state index contributed by atoms with van der Waals surface area (Å²) in [6, 6.07) is 8.29. The van der Waals surface area contributed by atoms with Crippen LogP contribution in [-0.4, -0.2) is 23.5 Å². The maximum atomic E-state index is 12.4. The molecule has 2 atom stereocenters. The first kappa shape index (κ1) is 13.1. The fourth-order valence-corrected chi connectivity index (χ4v) is 2.83. The summed E-state index contributed by atoms with van der Waals surface area (Å²) in [7, 11) is 0. The van der Waals surface area contributed by atoms with E-state index in [1.165, 1.54) is 0 Å². The number of amides is 1. The van der Waals surface area contributed by atoms with Crippen LogP contribution in [0.2, 0.25) is 0 Å². The summed E-state index contributed by atoms with van der Waals surface area (Å²) in [4.78, 5) is 16.5. The third-order valence-electron chi connectivity index (χ3n) is 3.94. The van der Waals surface area contributed by atoms with Crippen molar-refractivity contribution in [1.82, 2.24) is 10.3 Å². The second-order valence-electron chi connectivity index (χ2n) is 5.47. The number of hydrogen-bond acceptors (Lipinski definition) is 3. The Bertz CT molecular complexity index is 621. The molecule has 0 bridgehead atoms. The average molecular weight is 269 g/mol. The second-order valence-corrected chi connectivity index (χ2v) is 5.47. The summed E-state index contributed by atoms with van der Waals surface area (Å²) in [5.74, 6) is 0.216. The number of benzene rings is 1. The predicted molar refractivity (Wildman–Crippen MR) is 80.6 cm³/mol. The van der Waals surface area contributed by atoms with E-state index in [4.69, 9.17) is 0 Å². The fourth-order valence-electron chi connectivity index (χ4n) is 2.83. The van der Waals surface area contributed by atoms with Crippen LogP contribution >= 0.6 is 0 Å². The molecule has 4 heteroatoms. The van der Waals surface area contributed by atoms with Gasteiger partial charge in [-0.2, -0.15) is 0 Å². The van der Waals surface area contributed by atoms with Crippen molar-refractivity contribution in [2.75, 3.05) is 11.9 Å². The third-order valence-corrected chi connectivity index (χ3v) is 3.94. The van der Waals surface area contributed by atoms with E-state index in [0.717, 1.165) is 35.8 Å². The first-order valence-electron chi connectivity index (χ1n) is 7.11. The zero-order chi connectivity index (χ0) is 13.9. The summed E-state index contributed by atoms with van der Waals surface area (Å²) in [6.07, 6.45) is 5.37. The highest BCUT2D eigenvalue weighted by Gasteiger charge is 2.24. The van der Waals surface area contributed by atoms with E-state index in [1.54, 1.807) is 12.4 Å². The van der Waals surface area contributed by atoms with Crippen molar-refractivity contribution in [2.45, 2.75) is 25.8 Å². The molecule has 0 spiro atoms. The number of carbonyl (C=O) groups is 1. The molecule has 1 aromatic heterocycles. The SMILES string of the molecule is CC1CC(C(=O)Nc2cccc3ccncc23)CCN1. The summed E-state index contributed by atoms with van der Waals surface area (Å²) in [6.45, 7) is 3.04. The lowest BCUT2D eigenvalue weighted by molar-refractivity contribution is -0.120. The van der Waals surface area contributed by atoms with Gasteiger partial charge in [-0.25, -0.2) is 0 Å². The van der Waals surface area contributed by atoms with Crippen LogP contribution in [0.25, 0.3) is 10.8 Å². The van der Waals surface area contributed by atoms with Gasteiger partial charge in [0, 0.05) is 29.7 Å². The highest BCUT2D eigenvalue weighted by molar-refractivity contribution is 6.02. The Morgan fingerprint density at radius 2 is 2.30 bits per heavy atom. The van der Waals surface area contributed by atoms with Gasteiger partial charge in [0.15, 0.2) is 0 Å². The standard InChI is InChI=1S/C16H19N3O/c1-11-9-13(6-8-18-11)16(20)19-15-4-2-3-12-5-7-17-10-14(12)15/h2-5,7,10-11,13,18H,6,8-9H2,1H3,(H,19,20). The van der Waals surface area contributed by atoms with Gasteiger partial charge in [-0.1, -0.05) is 12.1 Å². The average Bonchev–Trinajstić information content (AvgIpc) is 2.47. The van der Waals surface area contributed by atoms with Crippen LogP contribution in [0.5, 0.6) is 0 Å². The highest BCUT2D eigenvalue weighted by atomic mass is 16.1. The number of hydrogen-bond donors (Lipinski definition) is 2. The molecule has 20 heavy (non-hydrogen) atoms. The molecule has 1 aliphatic heterocycles. The largest absolute Gasteiger partial charge is 0.325 e. The van der Waals surface area contributed by atoms with Crippen LogP contribution in [0.3, 0.4) is 0 Å². The molecule has 1 amide bonds. The Balaban J connectivity index is 1.80. The molecule has 1 aromatic carbocycles. The summed E-state index contributed by atoms with van der Waals surface area (Å²) < 4.78 is 0. The number of rotatable bonds is 2. The number of aromatic nitrogens is 1. The van der Waals surface area contributed by atoms with Crippen LogP contribution < -0.4 is 10.6 Å². The molecule has 0 saturated carbocycles. The molecule has 3 rings (SSSR count). The Morgan fingerprint density at radius 1 is 1.40 bits per heavy atom. The van der Waals surface area contributed by atoms with E-state index in [0.29, 0.717) is 6.04 Å². The number of piperidine rings is 1. The zero-order valence-corrected chi connectivity index (χ0v) is 11.6. The monoisotopic (exact) mass is 269 g/mol. The molecule has 2 unspecified atom stereocenters. The quantitative estimate of drug-likeness (QED) is 0.881. The minimum absolute atomic E-state index is 0.0955. The first-order chi connectivity index (χ1) is 9.74. The second kappa shape index (κ2) is 5.59. The highest BCUT2D eigenvalue weighted by Crippen LogP contribution is 2.24. The van der Waals surface area contributed by atoms with Crippen LogP contribution in [-0.2, 0) is 4.79 Å². The van der Waals surface area contributed by atoms with Gasteiger partial charge in [-0.15, -0.1) is 0 Å². The van der Waals surface area contributed by atoms with Gasteiger partial charge >= 0.3 is 0 Å². The molecule has 2 N–H and O–H groups in total. The molecule has 2 heterocycles. The van der Waals surface area contributed by atoms with E-state index in [9.17, 15) is 4.79 Å². The molecular formula is C16H19N3O.